The van der Waals surface area contributed by atoms with Crippen molar-refractivity contribution in [3.8, 4) is 5.75 Å². The number of hydrogen-bond donors (Lipinski definition) is 1. The molecule has 1 heterocycles. The number of nitrogens with zero attached hydrogens (tertiary/aromatic N) is 1. The van der Waals surface area contributed by atoms with Crippen LogP contribution in [-0.2, 0) is 14.8 Å². The van der Waals surface area contributed by atoms with Crippen LogP contribution in [0.1, 0.15) is 28.3 Å². The average molecular weight is 374 g/mol. The highest BCUT2D eigenvalue weighted by Gasteiger charge is 2.40. The average Bonchev–Trinajstić information content (AvgIpc) is 3.04. The fraction of sp³-hybridized carbons (Fsp3) is 0.222. The summed E-state index contributed by atoms with van der Waals surface area (Å²) in [5.41, 5.74) is 6.16. The molecule has 7 nitrogen and oxygen atoms in total. The van der Waals surface area contributed by atoms with Gasteiger partial charge >= 0.3 is 0 Å². The molecule has 0 aliphatic carbocycles. The van der Waals surface area contributed by atoms with Gasteiger partial charge in [0.05, 0.1) is 7.11 Å². The molecular formula is C18H18N2O5S. The molecule has 2 N–H and O–H groups in total. The summed E-state index contributed by atoms with van der Waals surface area (Å²) in [7, 11) is -2.86. The van der Waals surface area contributed by atoms with Crippen LogP contribution >= 0.6 is 0 Å². The summed E-state index contributed by atoms with van der Waals surface area (Å²) in [6, 6.07) is 13.1. The largest absolute Gasteiger partial charge is 0.495 e. The second-order valence-corrected chi connectivity index (χ2v) is 7.80. The minimum absolute atomic E-state index is 0.0237. The molecule has 136 valence electrons. The van der Waals surface area contributed by atoms with Gasteiger partial charge in [-0.25, -0.2) is 12.7 Å². The van der Waals surface area contributed by atoms with E-state index in [1.54, 1.807) is 0 Å². The number of hydrogen-bond acceptors (Lipinski definition) is 5. The minimum Gasteiger partial charge on any atom is -0.495 e. The lowest BCUT2D eigenvalue weighted by Crippen LogP contribution is -2.32. The van der Waals surface area contributed by atoms with Crippen LogP contribution in [0.5, 0.6) is 5.75 Å². The van der Waals surface area contributed by atoms with Gasteiger partial charge in [-0.2, -0.15) is 0 Å². The molecule has 2 aromatic carbocycles. The molecule has 1 atom stereocenters. The predicted octanol–water partition coefficient (Wildman–Crippen LogP) is 1.50. The van der Waals surface area contributed by atoms with Crippen molar-refractivity contribution in [2.75, 3.05) is 13.7 Å². The van der Waals surface area contributed by atoms with Gasteiger partial charge in [-0.05, 0) is 23.8 Å². The maximum absolute atomic E-state index is 13.0. The second kappa shape index (κ2) is 6.80. The Morgan fingerprint density at radius 2 is 1.88 bits per heavy atom. The SMILES string of the molecule is COc1ccc(C(N)=O)cc1S(=O)(=O)N1CC(c2ccccc2)CC1=O. The van der Waals surface area contributed by atoms with E-state index in [1.807, 2.05) is 30.3 Å². The number of primary amides is 1. The highest BCUT2D eigenvalue weighted by atomic mass is 32.2. The van der Waals surface area contributed by atoms with Gasteiger partial charge in [-0.1, -0.05) is 30.3 Å². The summed E-state index contributed by atoms with van der Waals surface area (Å²) in [5, 5.41) is 0. The molecule has 0 radical (unpaired) electrons. The second-order valence-electron chi connectivity index (χ2n) is 5.97. The summed E-state index contributed by atoms with van der Waals surface area (Å²) in [6.07, 6.45) is 0.0983. The lowest BCUT2D eigenvalue weighted by Gasteiger charge is -2.19. The van der Waals surface area contributed by atoms with Crippen molar-refractivity contribution in [3.63, 3.8) is 0 Å². The van der Waals surface area contributed by atoms with Crippen LogP contribution in [0.3, 0.4) is 0 Å². The molecule has 1 fully saturated rings. The summed E-state index contributed by atoms with van der Waals surface area (Å²) in [6.45, 7) is 0.0368. The Labute approximate surface area is 151 Å². The van der Waals surface area contributed by atoms with Gasteiger partial charge in [0.15, 0.2) is 0 Å². The van der Waals surface area contributed by atoms with Gasteiger partial charge in [0, 0.05) is 24.4 Å². The van der Waals surface area contributed by atoms with Crippen LogP contribution in [0.2, 0.25) is 0 Å². The number of sulfonamides is 1. The third kappa shape index (κ3) is 3.15. The van der Waals surface area contributed by atoms with Gasteiger partial charge in [-0.3, -0.25) is 9.59 Å². The molecule has 8 heteroatoms. The van der Waals surface area contributed by atoms with E-state index in [1.165, 1.54) is 19.2 Å². The first kappa shape index (κ1) is 17.9. The fourth-order valence-electron chi connectivity index (χ4n) is 3.01. The van der Waals surface area contributed by atoms with E-state index in [9.17, 15) is 18.0 Å². The summed E-state index contributed by atoms with van der Waals surface area (Å²) >= 11 is 0. The van der Waals surface area contributed by atoms with Crippen molar-refractivity contribution < 1.29 is 22.7 Å². The molecule has 26 heavy (non-hydrogen) atoms. The third-order valence-electron chi connectivity index (χ3n) is 4.37. The highest BCUT2D eigenvalue weighted by Crippen LogP contribution is 2.35. The molecule has 0 aromatic heterocycles. The molecule has 2 aromatic rings. The standard InChI is InChI=1S/C18H18N2O5S/c1-25-15-8-7-13(18(19)22)9-16(15)26(23,24)20-11-14(10-17(20)21)12-5-3-2-4-6-12/h2-9,14H,10-11H2,1H3,(H2,19,22). The van der Waals surface area contributed by atoms with Crippen molar-refractivity contribution >= 4 is 21.8 Å². The maximum atomic E-state index is 13.0. The normalized spacial score (nSPS) is 17.3. The molecular weight excluding hydrogens is 356 g/mol. The summed E-state index contributed by atoms with van der Waals surface area (Å²) < 4.78 is 32.0. The monoisotopic (exact) mass is 374 g/mol. The van der Waals surface area contributed by atoms with Crippen molar-refractivity contribution in [1.82, 2.24) is 4.31 Å². The van der Waals surface area contributed by atoms with Crippen LogP contribution in [0.4, 0.5) is 0 Å². The molecule has 1 saturated heterocycles. The molecule has 1 aliphatic heterocycles. The Morgan fingerprint density at radius 3 is 2.50 bits per heavy atom. The number of carbonyl (C=O) groups is 2. The molecule has 3 rings (SSSR count). The van der Waals surface area contributed by atoms with E-state index in [-0.39, 0.29) is 35.1 Å². The molecule has 0 saturated carbocycles. The first-order valence-electron chi connectivity index (χ1n) is 7.93. The summed E-state index contributed by atoms with van der Waals surface area (Å²) in [4.78, 5) is 23.6. The predicted molar refractivity (Wildman–Crippen MR) is 94.2 cm³/mol. The number of methoxy groups -OCH3 is 1. The van der Waals surface area contributed by atoms with Crippen LogP contribution in [0, 0.1) is 0 Å². The van der Waals surface area contributed by atoms with E-state index in [0.29, 0.717) is 0 Å². The Kier molecular flexibility index (Phi) is 4.69. The molecule has 1 unspecified atom stereocenters. The Morgan fingerprint density at radius 1 is 1.19 bits per heavy atom. The zero-order chi connectivity index (χ0) is 18.9. The van der Waals surface area contributed by atoms with E-state index in [4.69, 9.17) is 10.5 Å². The highest BCUT2D eigenvalue weighted by molar-refractivity contribution is 7.89. The fourth-order valence-corrected chi connectivity index (χ4v) is 4.65. The van der Waals surface area contributed by atoms with Crippen molar-refractivity contribution in [2.45, 2.75) is 17.2 Å². The molecule has 0 spiro atoms. The van der Waals surface area contributed by atoms with Gasteiger partial charge in [0.2, 0.25) is 11.8 Å². The van der Waals surface area contributed by atoms with Crippen LogP contribution < -0.4 is 10.5 Å². The Bertz CT molecular complexity index is 957. The zero-order valence-corrected chi connectivity index (χ0v) is 14.9. The topological polar surface area (TPSA) is 107 Å². The number of benzene rings is 2. The van der Waals surface area contributed by atoms with Crippen LogP contribution in [-0.4, -0.2) is 38.2 Å². The summed E-state index contributed by atoms with van der Waals surface area (Å²) in [5.74, 6) is -1.43. The third-order valence-corrected chi connectivity index (χ3v) is 6.18. The minimum atomic E-state index is -4.18. The van der Waals surface area contributed by atoms with Crippen molar-refractivity contribution in [3.05, 3.63) is 59.7 Å². The molecule has 2 amide bonds. The number of ether oxygens (including phenoxy) is 1. The van der Waals surface area contributed by atoms with Crippen LogP contribution in [0.15, 0.2) is 53.4 Å². The van der Waals surface area contributed by atoms with Gasteiger partial charge < -0.3 is 10.5 Å². The number of amides is 2. The quantitative estimate of drug-likeness (QED) is 0.853. The van der Waals surface area contributed by atoms with E-state index in [2.05, 4.69) is 0 Å². The first-order chi connectivity index (χ1) is 12.3. The maximum Gasteiger partial charge on any atom is 0.270 e. The molecule has 1 aliphatic rings. The Balaban J connectivity index is 1.99. The lowest BCUT2D eigenvalue weighted by molar-refractivity contribution is -0.123. The van der Waals surface area contributed by atoms with E-state index < -0.39 is 21.8 Å². The molecule has 0 bridgehead atoms. The van der Waals surface area contributed by atoms with Gasteiger partial charge in [0.25, 0.3) is 10.0 Å². The van der Waals surface area contributed by atoms with Crippen LogP contribution in [0.25, 0.3) is 0 Å². The Hall–Kier alpha value is -2.87. The van der Waals surface area contributed by atoms with Gasteiger partial charge in [0.1, 0.15) is 10.6 Å². The number of nitrogens with two attached hydrogens (primary N) is 1. The zero-order valence-electron chi connectivity index (χ0n) is 14.1. The number of rotatable bonds is 5. The smallest absolute Gasteiger partial charge is 0.270 e. The van der Waals surface area contributed by atoms with E-state index >= 15 is 0 Å². The van der Waals surface area contributed by atoms with Gasteiger partial charge in [-0.15, -0.1) is 0 Å². The number of carbonyl (C=O) groups excluding carboxylic acids is 2. The first-order valence-corrected chi connectivity index (χ1v) is 9.37. The van der Waals surface area contributed by atoms with Crippen molar-refractivity contribution in [2.24, 2.45) is 5.73 Å². The lowest BCUT2D eigenvalue weighted by atomic mass is 9.99. The van der Waals surface area contributed by atoms with Crippen molar-refractivity contribution in [1.29, 1.82) is 0 Å². The van der Waals surface area contributed by atoms with E-state index in [0.717, 1.165) is 15.9 Å².